The van der Waals surface area contributed by atoms with E-state index in [1.807, 2.05) is 16.7 Å². The molecule has 148 valence electrons. The van der Waals surface area contributed by atoms with Gasteiger partial charge in [-0.1, -0.05) is 0 Å². The molecule has 0 radical (unpaired) electrons. The fraction of sp³-hybridized carbons (Fsp3) is 0.632. The fourth-order valence-electron chi connectivity index (χ4n) is 3.58. The van der Waals surface area contributed by atoms with Crippen LogP contribution in [-0.4, -0.2) is 67.1 Å². The summed E-state index contributed by atoms with van der Waals surface area (Å²) in [5, 5.41) is 6.56. The molecule has 8 heteroatoms. The summed E-state index contributed by atoms with van der Waals surface area (Å²) in [6, 6.07) is 3.16. The van der Waals surface area contributed by atoms with Gasteiger partial charge >= 0.3 is 0 Å². The van der Waals surface area contributed by atoms with Gasteiger partial charge in [0.25, 0.3) is 0 Å². The van der Waals surface area contributed by atoms with Crippen LogP contribution in [0.15, 0.2) is 23.3 Å². The van der Waals surface area contributed by atoms with Crippen molar-refractivity contribution >= 4 is 17.7 Å². The number of nitrogens with one attached hydrogen (secondary N) is 2. The van der Waals surface area contributed by atoms with Gasteiger partial charge in [-0.25, -0.2) is 14.4 Å². The molecule has 27 heavy (non-hydrogen) atoms. The minimum Gasteiger partial charge on any atom is -0.357 e. The number of hydrogen-bond donors (Lipinski definition) is 2. The molecule has 1 aromatic heterocycles. The van der Waals surface area contributed by atoms with E-state index in [-0.39, 0.29) is 24.3 Å². The van der Waals surface area contributed by atoms with Crippen molar-refractivity contribution in [3.05, 3.63) is 24.1 Å². The van der Waals surface area contributed by atoms with Gasteiger partial charge in [-0.2, -0.15) is 0 Å². The number of aliphatic imine (C=N–C) groups is 1. The number of carbonyl (C=O) groups excluding carboxylic acids is 1. The summed E-state index contributed by atoms with van der Waals surface area (Å²) in [5.74, 6) is 0.807. The molecular formula is C19H29FN6O. The lowest BCUT2D eigenvalue weighted by Gasteiger charge is -2.26. The van der Waals surface area contributed by atoms with Crippen molar-refractivity contribution in [3.8, 4) is 0 Å². The van der Waals surface area contributed by atoms with Gasteiger partial charge in [-0.15, -0.1) is 0 Å². The molecule has 2 saturated heterocycles. The minimum absolute atomic E-state index is 0.0792. The Hall–Kier alpha value is -2.38. The predicted molar refractivity (Wildman–Crippen MR) is 104 cm³/mol. The molecule has 3 rings (SSSR count). The number of amides is 1. The third kappa shape index (κ3) is 5.30. The highest BCUT2D eigenvalue weighted by Gasteiger charge is 2.26. The molecule has 0 aromatic carbocycles. The summed E-state index contributed by atoms with van der Waals surface area (Å²) in [6.07, 6.45) is 5.83. The number of carbonyl (C=O) groups is 1. The Morgan fingerprint density at radius 2 is 2.15 bits per heavy atom. The Morgan fingerprint density at radius 3 is 2.89 bits per heavy atom. The van der Waals surface area contributed by atoms with Gasteiger partial charge in [-0.3, -0.25) is 4.79 Å². The first kappa shape index (κ1) is 19.4. The second-order valence-electron chi connectivity index (χ2n) is 7.02. The molecule has 2 fully saturated rings. The molecule has 0 bridgehead atoms. The number of rotatable bonds is 5. The molecule has 1 atom stereocenters. The van der Waals surface area contributed by atoms with Crippen LogP contribution < -0.4 is 15.5 Å². The summed E-state index contributed by atoms with van der Waals surface area (Å²) in [4.78, 5) is 24.8. The molecule has 0 aliphatic carbocycles. The third-order valence-electron chi connectivity index (χ3n) is 4.99. The molecule has 1 aromatic rings. The summed E-state index contributed by atoms with van der Waals surface area (Å²) in [7, 11) is 0. The largest absolute Gasteiger partial charge is 0.357 e. The molecule has 1 amide bonds. The zero-order valence-electron chi connectivity index (χ0n) is 16.0. The molecule has 3 heterocycles. The van der Waals surface area contributed by atoms with Crippen LogP contribution in [0.5, 0.6) is 0 Å². The third-order valence-corrected chi connectivity index (χ3v) is 4.99. The van der Waals surface area contributed by atoms with E-state index in [1.54, 1.807) is 12.3 Å². The highest BCUT2D eigenvalue weighted by Crippen LogP contribution is 2.20. The van der Waals surface area contributed by atoms with Crippen molar-refractivity contribution in [2.24, 2.45) is 4.99 Å². The first-order valence-electron chi connectivity index (χ1n) is 9.85. The Morgan fingerprint density at radius 1 is 1.33 bits per heavy atom. The number of likely N-dealkylation sites (tertiary alicyclic amines) is 1. The zero-order valence-corrected chi connectivity index (χ0v) is 16.0. The van der Waals surface area contributed by atoms with E-state index in [2.05, 4.69) is 20.6 Å². The van der Waals surface area contributed by atoms with Crippen molar-refractivity contribution < 1.29 is 9.18 Å². The van der Waals surface area contributed by atoms with Gasteiger partial charge < -0.3 is 20.4 Å². The van der Waals surface area contributed by atoms with Crippen molar-refractivity contribution in [2.75, 3.05) is 44.2 Å². The molecule has 2 aliphatic heterocycles. The number of guanidine groups is 1. The molecule has 7 nitrogen and oxygen atoms in total. The minimum atomic E-state index is -0.300. The molecule has 2 N–H and O–H groups in total. The SMILES string of the molecule is CCNC(=NCC(=O)N1CCCCC1)NC1CCN(c2ncccc2F)C1. The highest BCUT2D eigenvalue weighted by atomic mass is 19.1. The van der Waals surface area contributed by atoms with E-state index in [1.165, 1.54) is 12.5 Å². The van der Waals surface area contributed by atoms with Gasteiger partial charge in [0, 0.05) is 45.0 Å². The lowest BCUT2D eigenvalue weighted by Crippen LogP contribution is -2.45. The van der Waals surface area contributed by atoms with Crippen LogP contribution in [0.4, 0.5) is 10.2 Å². The number of pyridine rings is 1. The second-order valence-corrected chi connectivity index (χ2v) is 7.02. The molecule has 0 saturated carbocycles. The van der Waals surface area contributed by atoms with E-state index in [0.29, 0.717) is 18.3 Å². The van der Waals surface area contributed by atoms with Crippen molar-refractivity contribution in [2.45, 2.75) is 38.6 Å². The van der Waals surface area contributed by atoms with E-state index in [4.69, 9.17) is 0 Å². The van der Waals surface area contributed by atoms with Crippen molar-refractivity contribution in [3.63, 3.8) is 0 Å². The Balaban J connectivity index is 1.54. The maximum atomic E-state index is 13.9. The number of aromatic nitrogens is 1. The summed E-state index contributed by atoms with van der Waals surface area (Å²) in [5.41, 5.74) is 0. The van der Waals surface area contributed by atoms with E-state index in [9.17, 15) is 9.18 Å². The summed E-state index contributed by atoms with van der Waals surface area (Å²) in [6.45, 7) is 5.93. The van der Waals surface area contributed by atoms with Crippen LogP contribution in [0.1, 0.15) is 32.6 Å². The molecule has 2 aliphatic rings. The number of halogens is 1. The van der Waals surface area contributed by atoms with Crippen LogP contribution in [-0.2, 0) is 4.79 Å². The van der Waals surface area contributed by atoms with Gasteiger partial charge in [0.15, 0.2) is 17.6 Å². The Kier molecular flexibility index (Phi) is 6.84. The predicted octanol–water partition coefficient (Wildman–Crippen LogP) is 1.37. The van der Waals surface area contributed by atoms with Gasteiger partial charge in [0.1, 0.15) is 6.54 Å². The van der Waals surface area contributed by atoms with E-state index >= 15 is 0 Å². The Labute approximate surface area is 160 Å². The van der Waals surface area contributed by atoms with Crippen LogP contribution in [0.2, 0.25) is 0 Å². The normalized spacial score (nSPS) is 20.7. The van der Waals surface area contributed by atoms with Crippen LogP contribution in [0.25, 0.3) is 0 Å². The van der Waals surface area contributed by atoms with Crippen molar-refractivity contribution in [1.82, 2.24) is 20.5 Å². The van der Waals surface area contributed by atoms with Crippen LogP contribution in [0.3, 0.4) is 0 Å². The second kappa shape index (κ2) is 9.53. The topological polar surface area (TPSA) is 72.9 Å². The summed E-state index contributed by atoms with van der Waals surface area (Å²) < 4.78 is 13.9. The molecule has 1 unspecified atom stereocenters. The zero-order chi connectivity index (χ0) is 19.1. The van der Waals surface area contributed by atoms with Gasteiger partial charge in [0.2, 0.25) is 5.91 Å². The van der Waals surface area contributed by atoms with E-state index < -0.39 is 0 Å². The maximum absolute atomic E-state index is 13.9. The van der Waals surface area contributed by atoms with E-state index in [0.717, 1.165) is 45.4 Å². The monoisotopic (exact) mass is 376 g/mol. The molecule has 0 spiro atoms. The lowest BCUT2D eigenvalue weighted by atomic mass is 10.1. The van der Waals surface area contributed by atoms with Crippen LogP contribution >= 0.6 is 0 Å². The summed E-state index contributed by atoms with van der Waals surface area (Å²) >= 11 is 0. The quantitative estimate of drug-likeness (QED) is 0.600. The van der Waals surface area contributed by atoms with Crippen molar-refractivity contribution in [1.29, 1.82) is 0 Å². The first-order valence-corrected chi connectivity index (χ1v) is 9.85. The number of hydrogen-bond acceptors (Lipinski definition) is 4. The first-order chi connectivity index (χ1) is 13.2. The number of nitrogens with zero attached hydrogens (tertiary/aromatic N) is 4. The Bertz CT molecular complexity index is 661. The molecular weight excluding hydrogens is 347 g/mol. The number of anilines is 1. The standard InChI is InChI=1S/C19H29FN6O/c1-2-21-19(23-13-17(27)25-10-4-3-5-11-25)24-15-8-12-26(14-15)18-16(20)7-6-9-22-18/h6-7,9,15H,2-5,8,10-14H2,1H3,(H2,21,23,24). The maximum Gasteiger partial charge on any atom is 0.244 e. The van der Waals surface area contributed by atoms with Gasteiger partial charge in [0.05, 0.1) is 0 Å². The highest BCUT2D eigenvalue weighted by molar-refractivity contribution is 5.85. The van der Waals surface area contributed by atoms with Crippen LogP contribution in [0, 0.1) is 5.82 Å². The smallest absolute Gasteiger partial charge is 0.244 e. The average Bonchev–Trinajstić information content (AvgIpc) is 3.15. The number of piperidine rings is 1. The fourth-order valence-corrected chi connectivity index (χ4v) is 3.58. The van der Waals surface area contributed by atoms with Gasteiger partial charge in [-0.05, 0) is 44.7 Å². The average molecular weight is 376 g/mol. The lowest BCUT2D eigenvalue weighted by molar-refractivity contribution is -0.130.